The lowest BCUT2D eigenvalue weighted by molar-refractivity contribution is -0.137. The molecule has 0 unspecified atom stereocenters. The van der Waals surface area contributed by atoms with Crippen molar-refractivity contribution in [3.63, 3.8) is 0 Å². The van der Waals surface area contributed by atoms with E-state index in [1.165, 1.54) is 6.07 Å². The molecule has 3 aromatic carbocycles. The minimum Gasteiger partial charge on any atom is -0.497 e. The molecule has 2 aromatic heterocycles. The van der Waals surface area contributed by atoms with E-state index < -0.39 is 11.7 Å². The molecule has 0 saturated carbocycles. The lowest BCUT2D eigenvalue weighted by Crippen LogP contribution is -2.20. The monoisotopic (exact) mass is 567 g/mol. The van der Waals surface area contributed by atoms with Crippen molar-refractivity contribution < 1.29 is 22.6 Å². The van der Waals surface area contributed by atoms with Crippen molar-refractivity contribution in [3.8, 4) is 11.6 Å². The van der Waals surface area contributed by atoms with E-state index in [2.05, 4.69) is 10.1 Å². The summed E-state index contributed by atoms with van der Waals surface area (Å²) in [7, 11) is 1.61. The minimum absolute atomic E-state index is 0.0673. The van der Waals surface area contributed by atoms with Gasteiger partial charge in [0.05, 0.1) is 36.1 Å². The van der Waals surface area contributed by atoms with Crippen LogP contribution in [0.15, 0.2) is 79.0 Å². The third-order valence-electron chi connectivity index (χ3n) is 6.21. The molecule has 40 heavy (non-hydrogen) atoms. The molecule has 0 radical (unpaired) electrons. The zero-order chi connectivity index (χ0) is 28.3. The van der Waals surface area contributed by atoms with Crippen LogP contribution >= 0.6 is 11.6 Å². The fourth-order valence-electron chi connectivity index (χ4n) is 4.19. The van der Waals surface area contributed by atoms with Crippen molar-refractivity contribution in [2.75, 3.05) is 18.6 Å². The molecule has 11 heteroatoms. The summed E-state index contributed by atoms with van der Waals surface area (Å²) < 4.78 is 52.8. The van der Waals surface area contributed by atoms with Gasteiger partial charge in [-0.1, -0.05) is 54.1 Å². The van der Waals surface area contributed by atoms with E-state index in [-0.39, 0.29) is 23.5 Å². The lowest BCUT2D eigenvalue weighted by atomic mass is 10.2. The van der Waals surface area contributed by atoms with E-state index in [1.807, 2.05) is 61.5 Å². The van der Waals surface area contributed by atoms with Gasteiger partial charge in [-0.2, -0.15) is 23.3 Å². The van der Waals surface area contributed by atoms with Gasteiger partial charge in [0.1, 0.15) is 17.9 Å². The second-order valence-corrected chi connectivity index (χ2v) is 9.33. The number of hydrogen-bond acceptors (Lipinski definition) is 6. The van der Waals surface area contributed by atoms with Gasteiger partial charge in [-0.3, -0.25) is 4.68 Å². The second kappa shape index (κ2) is 11.4. The number of benzene rings is 3. The fraction of sp³-hybridized carbons (Fsp3) is 0.207. The van der Waals surface area contributed by atoms with Gasteiger partial charge >= 0.3 is 6.18 Å². The first-order valence-electron chi connectivity index (χ1n) is 12.4. The Balaban J connectivity index is 1.54. The molecule has 0 bridgehead atoms. The van der Waals surface area contributed by atoms with Gasteiger partial charge in [0, 0.05) is 6.54 Å². The number of hydrogen-bond donors (Lipinski definition) is 0. The maximum atomic E-state index is 13.2. The van der Waals surface area contributed by atoms with Gasteiger partial charge in [0.25, 0.3) is 0 Å². The van der Waals surface area contributed by atoms with Crippen molar-refractivity contribution in [2.45, 2.75) is 26.3 Å². The predicted molar refractivity (Wildman–Crippen MR) is 147 cm³/mol. The summed E-state index contributed by atoms with van der Waals surface area (Å²) in [6.45, 7) is 2.88. The van der Waals surface area contributed by atoms with Crippen LogP contribution in [0, 0.1) is 0 Å². The van der Waals surface area contributed by atoms with Gasteiger partial charge in [-0.05, 0) is 48.4 Å². The number of anilines is 2. The van der Waals surface area contributed by atoms with Crippen LogP contribution in [0.25, 0.3) is 11.0 Å². The molecule has 206 valence electrons. The number of halogens is 4. The number of ether oxygens (including phenoxy) is 2. The first-order chi connectivity index (χ1) is 19.2. The van der Waals surface area contributed by atoms with Crippen LogP contribution in [-0.2, 0) is 19.3 Å². The molecule has 5 rings (SSSR count). The first-order valence-corrected chi connectivity index (χ1v) is 12.8. The Hall–Kier alpha value is -4.31. The Morgan fingerprint density at radius 2 is 1.70 bits per heavy atom. The normalized spacial score (nSPS) is 11.6. The molecule has 0 spiro atoms. The van der Waals surface area contributed by atoms with Crippen molar-refractivity contribution in [2.24, 2.45) is 0 Å². The van der Waals surface area contributed by atoms with Crippen LogP contribution in [0.1, 0.15) is 23.6 Å². The van der Waals surface area contributed by atoms with E-state index in [9.17, 15) is 13.2 Å². The smallest absolute Gasteiger partial charge is 0.416 e. The summed E-state index contributed by atoms with van der Waals surface area (Å²) >= 11 is 6.32. The maximum absolute atomic E-state index is 13.2. The zero-order valence-corrected chi connectivity index (χ0v) is 22.4. The molecule has 0 aliphatic heterocycles. The summed E-state index contributed by atoms with van der Waals surface area (Å²) in [5, 5.41) is 4.62. The predicted octanol–water partition coefficient (Wildman–Crippen LogP) is 7.29. The topological polar surface area (TPSA) is 65.3 Å². The molecule has 0 fully saturated rings. The zero-order valence-electron chi connectivity index (χ0n) is 21.7. The molecule has 0 amide bonds. The molecule has 5 aromatic rings. The van der Waals surface area contributed by atoms with E-state index in [0.717, 1.165) is 29.0 Å². The van der Waals surface area contributed by atoms with Crippen LogP contribution in [-0.4, -0.2) is 33.4 Å². The summed E-state index contributed by atoms with van der Waals surface area (Å²) in [4.78, 5) is 11.0. The van der Waals surface area contributed by atoms with E-state index in [0.29, 0.717) is 29.8 Å². The molecule has 0 aliphatic carbocycles. The Labute approximate surface area is 233 Å². The van der Waals surface area contributed by atoms with Crippen molar-refractivity contribution in [1.82, 2.24) is 19.7 Å². The Bertz CT molecular complexity index is 1610. The first kappa shape index (κ1) is 27.3. The standard InChI is InChI=1S/C29H25ClF3N5O2/c1-3-38(25-14-11-21(15-23(25)30)29(31,32)33)28-34-24-17-37(16-19-9-12-22(39-2)13-10-19)36-26(24)27(35-28)40-18-20-7-5-4-6-8-20/h4-15,17H,3,16,18H2,1-2H3. The van der Waals surface area contributed by atoms with Crippen LogP contribution < -0.4 is 14.4 Å². The molecule has 7 nitrogen and oxygen atoms in total. The summed E-state index contributed by atoms with van der Waals surface area (Å²) in [6.07, 6.45) is -2.73. The highest BCUT2D eigenvalue weighted by molar-refractivity contribution is 6.33. The molecule has 0 saturated heterocycles. The third-order valence-corrected chi connectivity index (χ3v) is 6.52. The average molecular weight is 568 g/mol. The average Bonchev–Trinajstić information content (AvgIpc) is 3.36. The van der Waals surface area contributed by atoms with Crippen LogP contribution in [0.3, 0.4) is 0 Å². The quantitative estimate of drug-likeness (QED) is 0.186. The van der Waals surface area contributed by atoms with Gasteiger partial charge in [-0.15, -0.1) is 0 Å². The highest BCUT2D eigenvalue weighted by Crippen LogP contribution is 2.37. The van der Waals surface area contributed by atoms with Gasteiger partial charge in [0.15, 0.2) is 5.52 Å². The van der Waals surface area contributed by atoms with Crippen LogP contribution in [0.2, 0.25) is 5.02 Å². The highest BCUT2D eigenvalue weighted by atomic mass is 35.5. The Kier molecular flexibility index (Phi) is 7.79. The molecule has 0 aliphatic rings. The number of methoxy groups -OCH3 is 1. The number of rotatable bonds is 9. The van der Waals surface area contributed by atoms with Crippen LogP contribution in [0.4, 0.5) is 24.8 Å². The molecule has 0 N–H and O–H groups in total. The lowest BCUT2D eigenvalue weighted by Gasteiger charge is -2.23. The maximum Gasteiger partial charge on any atom is 0.416 e. The largest absolute Gasteiger partial charge is 0.497 e. The highest BCUT2D eigenvalue weighted by Gasteiger charge is 2.31. The molecule has 2 heterocycles. The number of alkyl halides is 3. The summed E-state index contributed by atoms with van der Waals surface area (Å²) in [6, 6.07) is 20.4. The van der Waals surface area contributed by atoms with Crippen molar-refractivity contribution in [1.29, 1.82) is 0 Å². The molecular weight excluding hydrogens is 543 g/mol. The van der Waals surface area contributed by atoms with Gasteiger partial charge in [0.2, 0.25) is 11.8 Å². The Morgan fingerprint density at radius 3 is 2.35 bits per heavy atom. The summed E-state index contributed by atoms with van der Waals surface area (Å²) in [5.74, 6) is 1.23. The summed E-state index contributed by atoms with van der Waals surface area (Å²) in [5.41, 5.74) is 2.43. The van der Waals surface area contributed by atoms with Crippen LogP contribution in [0.5, 0.6) is 11.6 Å². The SMILES string of the molecule is CCN(c1nc(OCc2ccccc2)c2nn(Cc3ccc(OC)cc3)cc2n1)c1ccc(C(F)(F)F)cc1Cl. The van der Waals surface area contributed by atoms with E-state index in [1.54, 1.807) is 22.9 Å². The Morgan fingerprint density at radius 1 is 0.950 bits per heavy atom. The minimum atomic E-state index is -4.51. The van der Waals surface area contributed by atoms with Gasteiger partial charge in [-0.25, -0.2) is 4.98 Å². The third kappa shape index (κ3) is 5.96. The number of nitrogens with zero attached hydrogens (tertiary/aromatic N) is 5. The number of aromatic nitrogens is 4. The van der Waals surface area contributed by atoms with E-state index in [4.69, 9.17) is 26.1 Å². The van der Waals surface area contributed by atoms with E-state index >= 15 is 0 Å². The number of fused-ring (bicyclic) bond motifs is 1. The fourth-order valence-corrected chi connectivity index (χ4v) is 4.47. The second-order valence-electron chi connectivity index (χ2n) is 8.92. The molecule has 0 atom stereocenters. The van der Waals surface area contributed by atoms with Crippen molar-refractivity contribution >= 4 is 34.3 Å². The van der Waals surface area contributed by atoms with Crippen molar-refractivity contribution in [3.05, 3.63) is 101 Å². The molecular formula is C29H25ClF3N5O2. The van der Waals surface area contributed by atoms with Gasteiger partial charge < -0.3 is 14.4 Å².